The fourth-order valence-corrected chi connectivity index (χ4v) is 8.42. The SMILES string of the molecule is C[C@@H]1CC[C@@]2(S(=O)(=O)c3ccc(Cl)cc3)c3c(F)ccc(F)c3OC[C@H]2[C@@H]1CNS(=O)(=O)C(F)(F)F. The van der Waals surface area contributed by atoms with E-state index in [-0.39, 0.29) is 22.8 Å². The third-order valence-corrected chi connectivity index (χ3v) is 11.1. The predicted octanol–water partition coefficient (Wildman–Crippen LogP) is 4.78. The Morgan fingerprint density at radius 2 is 1.67 bits per heavy atom. The Balaban J connectivity index is 1.92. The first-order valence-corrected chi connectivity index (χ1v) is 14.2. The van der Waals surface area contributed by atoms with Crippen molar-refractivity contribution in [1.82, 2.24) is 4.72 Å². The summed E-state index contributed by atoms with van der Waals surface area (Å²) in [7, 11) is -10.3. The maximum Gasteiger partial charge on any atom is 0.511 e. The Kier molecular flexibility index (Phi) is 6.85. The van der Waals surface area contributed by atoms with Crippen molar-refractivity contribution < 1.29 is 43.5 Å². The van der Waals surface area contributed by atoms with Crippen molar-refractivity contribution in [1.29, 1.82) is 0 Å². The number of sulfone groups is 1. The third-order valence-electron chi connectivity index (χ3n) is 7.12. The topological polar surface area (TPSA) is 89.5 Å². The summed E-state index contributed by atoms with van der Waals surface area (Å²) < 4.78 is 125. The van der Waals surface area contributed by atoms with Gasteiger partial charge in [0.05, 0.1) is 17.1 Å². The predicted molar refractivity (Wildman–Crippen MR) is 121 cm³/mol. The van der Waals surface area contributed by atoms with Gasteiger partial charge in [-0.1, -0.05) is 18.5 Å². The van der Waals surface area contributed by atoms with Crippen LogP contribution in [0.3, 0.4) is 0 Å². The highest BCUT2D eigenvalue weighted by Gasteiger charge is 2.62. The number of rotatable bonds is 5. The monoisotopic (exact) mass is 573 g/mol. The summed E-state index contributed by atoms with van der Waals surface area (Å²) in [5, 5.41) is 0.226. The molecule has 0 bridgehead atoms. The summed E-state index contributed by atoms with van der Waals surface area (Å²) >= 11 is 5.89. The molecule has 14 heteroatoms. The van der Waals surface area contributed by atoms with Gasteiger partial charge in [-0.2, -0.15) is 13.2 Å². The number of nitrogens with one attached hydrogen (secondary N) is 1. The number of ether oxygens (including phenoxy) is 1. The Morgan fingerprint density at radius 3 is 2.28 bits per heavy atom. The molecule has 0 amide bonds. The van der Waals surface area contributed by atoms with Gasteiger partial charge in [-0.15, -0.1) is 0 Å². The summed E-state index contributed by atoms with van der Waals surface area (Å²) in [6, 6.07) is 6.58. The van der Waals surface area contributed by atoms with Gasteiger partial charge >= 0.3 is 15.5 Å². The van der Waals surface area contributed by atoms with Gasteiger partial charge in [0, 0.05) is 17.5 Å². The average molecular weight is 574 g/mol. The van der Waals surface area contributed by atoms with Crippen LogP contribution in [0.5, 0.6) is 5.75 Å². The molecule has 1 heterocycles. The van der Waals surface area contributed by atoms with Gasteiger partial charge in [-0.3, -0.25) is 0 Å². The number of fused-ring (bicyclic) bond motifs is 3. The highest BCUT2D eigenvalue weighted by atomic mass is 35.5. The van der Waals surface area contributed by atoms with Crippen molar-refractivity contribution >= 4 is 31.5 Å². The fraction of sp³-hybridized carbons (Fsp3) is 0.455. The normalized spacial score (nSPS) is 26.6. The molecule has 36 heavy (non-hydrogen) atoms. The third kappa shape index (κ3) is 4.17. The molecule has 2 aromatic carbocycles. The quantitative estimate of drug-likeness (QED) is 0.520. The summed E-state index contributed by atoms with van der Waals surface area (Å²) in [5.74, 6) is -5.34. The first-order valence-electron chi connectivity index (χ1n) is 10.8. The van der Waals surface area contributed by atoms with E-state index < -0.39 is 84.0 Å². The molecule has 2 aliphatic rings. The van der Waals surface area contributed by atoms with Crippen LogP contribution in [0.1, 0.15) is 25.3 Å². The lowest BCUT2D eigenvalue weighted by molar-refractivity contribution is -0.0452. The van der Waals surface area contributed by atoms with E-state index in [4.69, 9.17) is 16.3 Å². The molecule has 0 aromatic heterocycles. The van der Waals surface area contributed by atoms with Crippen molar-refractivity contribution in [2.24, 2.45) is 17.8 Å². The highest BCUT2D eigenvalue weighted by Crippen LogP contribution is 2.59. The maximum atomic E-state index is 15.3. The van der Waals surface area contributed by atoms with Gasteiger partial charge < -0.3 is 4.74 Å². The molecule has 1 aliphatic carbocycles. The van der Waals surface area contributed by atoms with E-state index in [9.17, 15) is 34.4 Å². The Morgan fingerprint density at radius 1 is 1.06 bits per heavy atom. The zero-order valence-electron chi connectivity index (χ0n) is 18.7. The molecule has 0 unspecified atom stereocenters. The van der Waals surface area contributed by atoms with Gasteiger partial charge in [0.25, 0.3) is 0 Å². The molecule has 1 fully saturated rings. The lowest BCUT2D eigenvalue weighted by atomic mass is 9.63. The zero-order valence-corrected chi connectivity index (χ0v) is 21.0. The van der Waals surface area contributed by atoms with Gasteiger partial charge in [-0.05, 0) is 61.1 Å². The smallest absolute Gasteiger partial charge is 0.490 e. The highest BCUT2D eigenvalue weighted by molar-refractivity contribution is 7.92. The molecule has 1 saturated carbocycles. The lowest BCUT2D eigenvalue weighted by Gasteiger charge is -2.52. The van der Waals surface area contributed by atoms with Crippen LogP contribution in [0.25, 0.3) is 0 Å². The minimum absolute atomic E-state index is 0.0805. The molecule has 4 rings (SSSR count). The molecule has 1 N–H and O–H groups in total. The van der Waals surface area contributed by atoms with Crippen LogP contribution in [-0.4, -0.2) is 35.5 Å². The molecule has 4 atom stereocenters. The number of halogens is 6. The first kappa shape index (κ1) is 27.1. The Hall–Kier alpha value is -1.96. The first-order chi connectivity index (χ1) is 16.6. The number of hydrogen-bond donors (Lipinski definition) is 1. The summed E-state index contributed by atoms with van der Waals surface area (Å²) in [6.07, 6.45) is -0.111. The minimum Gasteiger partial charge on any atom is -0.490 e. The second kappa shape index (κ2) is 9.10. The Labute approximate surface area is 209 Å². The molecule has 6 nitrogen and oxygen atoms in total. The van der Waals surface area contributed by atoms with Crippen molar-refractivity contribution in [2.75, 3.05) is 13.2 Å². The van der Waals surface area contributed by atoms with E-state index in [2.05, 4.69) is 0 Å². The van der Waals surface area contributed by atoms with E-state index in [1.165, 1.54) is 29.0 Å². The largest absolute Gasteiger partial charge is 0.511 e. The molecular formula is C22H21ClF5NO5S2. The molecule has 2 aromatic rings. The zero-order chi connectivity index (χ0) is 26.7. The molecule has 0 spiro atoms. The van der Waals surface area contributed by atoms with Crippen LogP contribution in [0.4, 0.5) is 22.0 Å². The van der Waals surface area contributed by atoms with Gasteiger partial charge in [0.1, 0.15) is 10.6 Å². The molecular weight excluding hydrogens is 553 g/mol. The van der Waals surface area contributed by atoms with Crippen LogP contribution in [0.15, 0.2) is 41.3 Å². The fourth-order valence-electron chi connectivity index (χ4n) is 5.32. The summed E-state index contributed by atoms with van der Waals surface area (Å²) in [5.41, 5.74) is -6.13. The van der Waals surface area contributed by atoms with Gasteiger partial charge in [0.2, 0.25) is 0 Å². The summed E-state index contributed by atoms with van der Waals surface area (Å²) in [4.78, 5) is -0.252. The standard InChI is InChI=1S/C22H21ClF5NO5S2/c1-12-8-9-21(35(30,31)14-4-2-13(23)3-5-14)16(15(12)10-29-36(32,33)22(26,27)28)11-34-20-18(25)7-6-17(24)19(20)21/h2-7,12,15-16,29H,8-11H2,1H3/t12-,15-,16+,21+/m1/s1. The van der Waals surface area contributed by atoms with Gasteiger partial charge in [0.15, 0.2) is 21.4 Å². The maximum absolute atomic E-state index is 15.3. The van der Waals surface area contributed by atoms with Crippen molar-refractivity contribution in [3.63, 3.8) is 0 Å². The van der Waals surface area contributed by atoms with E-state index >= 15 is 4.39 Å². The number of sulfonamides is 1. The number of benzene rings is 2. The van der Waals surface area contributed by atoms with E-state index in [0.29, 0.717) is 0 Å². The second-order valence-corrected chi connectivity index (χ2v) is 13.4. The minimum atomic E-state index is -5.73. The van der Waals surface area contributed by atoms with E-state index in [1.807, 2.05) is 0 Å². The van der Waals surface area contributed by atoms with Crippen molar-refractivity contribution in [2.45, 2.75) is 34.9 Å². The molecule has 0 radical (unpaired) electrons. The second-order valence-electron chi connectivity index (χ2n) is 8.98. The number of hydrogen-bond acceptors (Lipinski definition) is 5. The average Bonchev–Trinajstić information content (AvgIpc) is 2.79. The van der Waals surface area contributed by atoms with Crippen LogP contribution in [-0.2, 0) is 24.6 Å². The molecule has 0 saturated heterocycles. The van der Waals surface area contributed by atoms with Crippen LogP contribution >= 0.6 is 11.6 Å². The number of alkyl halides is 3. The van der Waals surface area contributed by atoms with E-state index in [0.717, 1.165) is 12.1 Å². The van der Waals surface area contributed by atoms with Crippen molar-refractivity contribution in [3.05, 3.63) is 58.6 Å². The van der Waals surface area contributed by atoms with Crippen molar-refractivity contribution in [3.8, 4) is 5.75 Å². The van der Waals surface area contributed by atoms with Gasteiger partial charge in [-0.25, -0.2) is 30.3 Å². The van der Waals surface area contributed by atoms with Crippen LogP contribution < -0.4 is 9.46 Å². The lowest BCUT2D eigenvalue weighted by Crippen LogP contribution is -2.58. The van der Waals surface area contributed by atoms with Crippen LogP contribution in [0.2, 0.25) is 5.02 Å². The van der Waals surface area contributed by atoms with Crippen LogP contribution in [0, 0.1) is 29.4 Å². The Bertz CT molecular complexity index is 1380. The summed E-state index contributed by atoms with van der Waals surface area (Å²) in [6.45, 7) is 0.368. The molecule has 1 aliphatic heterocycles. The van der Waals surface area contributed by atoms with E-state index in [1.54, 1.807) is 6.92 Å². The molecule has 198 valence electrons.